The van der Waals surface area contributed by atoms with Gasteiger partial charge in [-0.05, 0) is 19.9 Å². The van der Waals surface area contributed by atoms with Gasteiger partial charge in [-0.1, -0.05) is 0 Å². The maximum atomic E-state index is 11.8. The molecule has 0 atom stereocenters. The topological polar surface area (TPSA) is 113 Å². The number of hydrogen-bond acceptors (Lipinski definition) is 5. The summed E-state index contributed by atoms with van der Waals surface area (Å²) in [6, 6.07) is 0. The first-order valence-electron chi connectivity index (χ1n) is 6.30. The van der Waals surface area contributed by atoms with Gasteiger partial charge in [-0.2, -0.15) is 0 Å². The van der Waals surface area contributed by atoms with Gasteiger partial charge < -0.3 is 5.32 Å². The Balaban J connectivity index is 2.37. The van der Waals surface area contributed by atoms with Crippen LogP contribution in [0.5, 0.6) is 0 Å². The molecule has 0 unspecified atom stereocenters. The van der Waals surface area contributed by atoms with E-state index in [2.05, 4.69) is 10.0 Å². The number of carbonyl (C=O) groups is 1. The van der Waals surface area contributed by atoms with Crippen molar-refractivity contribution in [3.8, 4) is 0 Å². The summed E-state index contributed by atoms with van der Waals surface area (Å²) in [5.41, 5.74) is 0. The van der Waals surface area contributed by atoms with Crippen molar-refractivity contribution in [1.82, 2.24) is 14.3 Å². The minimum atomic E-state index is -3.33. The molecule has 0 aliphatic carbocycles. The molecule has 20 heavy (non-hydrogen) atoms. The van der Waals surface area contributed by atoms with Gasteiger partial charge in [0.05, 0.1) is 12.0 Å². The van der Waals surface area contributed by atoms with Crippen LogP contribution in [-0.2, 0) is 24.8 Å². The predicted octanol–water partition coefficient (Wildman–Crippen LogP) is -1.68. The highest BCUT2D eigenvalue weighted by molar-refractivity contribution is 7.89. The maximum absolute atomic E-state index is 11.8. The lowest BCUT2D eigenvalue weighted by Gasteiger charge is -2.29. The summed E-state index contributed by atoms with van der Waals surface area (Å²) in [6.07, 6.45) is 2.06. The number of rotatable bonds is 6. The van der Waals surface area contributed by atoms with Crippen molar-refractivity contribution in [2.45, 2.75) is 12.8 Å². The molecule has 0 aromatic rings. The van der Waals surface area contributed by atoms with E-state index >= 15 is 0 Å². The summed E-state index contributed by atoms with van der Waals surface area (Å²) in [5, 5.41) is 2.57. The third-order valence-electron chi connectivity index (χ3n) is 3.27. The second-order valence-corrected chi connectivity index (χ2v) is 8.78. The Morgan fingerprint density at radius 3 is 2.20 bits per heavy atom. The highest BCUT2D eigenvalue weighted by Crippen LogP contribution is 2.19. The third kappa shape index (κ3) is 5.35. The van der Waals surface area contributed by atoms with Crippen molar-refractivity contribution in [3.05, 3.63) is 0 Å². The molecule has 2 N–H and O–H groups in total. The zero-order valence-corrected chi connectivity index (χ0v) is 13.3. The summed E-state index contributed by atoms with van der Waals surface area (Å²) in [7, 11) is -5.21. The Bertz CT molecular complexity index is 535. The number of nitrogens with one attached hydrogen (secondary N) is 2. The number of nitrogens with zero attached hydrogens (tertiary/aromatic N) is 1. The van der Waals surface area contributed by atoms with Gasteiger partial charge in [0.25, 0.3) is 0 Å². The standard InChI is InChI=1S/C10H21N3O5S2/c1-11-20(17,18)8-5-12-10(14)9-3-6-13(7-4-9)19(2,15)16/h9,11H,3-8H2,1-2H3,(H,12,14). The summed E-state index contributed by atoms with van der Waals surface area (Å²) < 4.78 is 48.5. The monoisotopic (exact) mass is 327 g/mol. The number of hydrogen-bond donors (Lipinski definition) is 2. The summed E-state index contributed by atoms with van der Waals surface area (Å²) in [5.74, 6) is -0.646. The van der Waals surface area contributed by atoms with Crippen LogP contribution in [0, 0.1) is 5.92 Å². The molecule has 0 saturated carbocycles. The molecule has 0 bridgehead atoms. The molecule has 1 rings (SSSR count). The summed E-state index contributed by atoms with van der Waals surface area (Å²) >= 11 is 0. The Labute approximate surface area is 120 Å². The Hall–Kier alpha value is -0.710. The Kier molecular flexibility index (Phi) is 5.92. The average molecular weight is 327 g/mol. The van der Waals surface area contributed by atoms with Gasteiger partial charge in [0.1, 0.15) is 0 Å². The smallest absolute Gasteiger partial charge is 0.223 e. The molecule has 1 aliphatic rings. The largest absolute Gasteiger partial charge is 0.355 e. The van der Waals surface area contributed by atoms with Crippen LogP contribution in [0.15, 0.2) is 0 Å². The van der Waals surface area contributed by atoms with Gasteiger partial charge in [0.15, 0.2) is 0 Å². The fourth-order valence-electron chi connectivity index (χ4n) is 2.00. The van der Waals surface area contributed by atoms with Gasteiger partial charge in [-0.25, -0.2) is 25.9 Å². The number of carbonyl (C=O) groups excluding carboxylic acids is 1. The van der Waals surface area contributed by atoms with Crippen LogP contribution in [0.3, 0.4) is 0 Å². The van der Waals surface area contributed by atoms with E-state index in [0.29, 0.717) is 25.9 Å². The lowest BCUT2D eigenvalue weighted by atomic mass is 9.97. The summed E-state index contributed by atoms with van der Waals surface area (Å²) in [4.78, 5) is 11.8. The van der Waals surface area contributed by atoms with E-state index in [9.17, 15) is 21.6 Å². The van der Waals surface area contributed by atoms with Crippen LogP contribution in [0.2, 0.25) is 0 Å². The van der Waals surface area contributed by atoms with Crippen LogP contribution in [0.1, 0.15) is 12.8 Å². The second-order valence-electron chi connectivity index (χ2n) is 4.75. The van der Waals surface area contributed by atoms with Gasteiger partial charge >= 0.3 is 0 Å². The summed E-state index contributed by atoms with van der Waals surface area (Å²) in [6.45, 7) is 0.700. The predicted molar refractivity (Wildman–Crippen MR) is 75.0 cm³/mol. The number of amides is 1. The first kappa shape index (κ1) is 17.3. The van der Waals surface area contributed by atoms with E-state index in [1.54, 1.807) is 0 Å². The molecule has 1 fully saturated rings. The van der Waals surface area contributed by atoms with Crippen molar-refractivity contribution in [3.63, 3.8) is 0 Å². The minimum Gasteiger partial charge on any atom is -0.355 e. The van der Waals surface area contributed by atoms with E-state index in [4.69, 9.17) is 0 Å². The first-order chi connectivity index (χ1) is 9.15. The maximum Gasteiger partial charge on any atom is 0.223 e. The molecule has 0 spiro atoms. The van der Waals surface area contributed by atoms with Crippen molar-refractivity contribution in [2.75, 3.05) is 38.7 Å². The van der Waals surface area contributed by atoms with E-state index < -0.39 is 20.0 Å². The second kappa shape index (κ2) is 6.83. The molecule has 1 saturated heterocycles. The normalized spacial score (nSPS) is 18.9. The average Bonchev–Trinajstić information content (AvgIpc) is 2.37. The van der Waals surface area contributed by atoms with E-state index in [1.807, 2.05) is 0 Å². The first-order valence-corrected chi connectivity index (χ1v) is 9.80. The zero-order valence-electron chi connectivity index (χ0n) is 11.6. The quantitative estimate of drug-likeness (QED) is 0.605. The van der Waals surface area contributed by atoms with Crippen molar-refractivity contribution in [1.29, 1.82) is 0 Å². The van der Waals surface area contributed by atoms with Crippen molar-refractivity contribution >= 4 is 26.0 Å². The van der Waals surface area contributed by atoms with Gasteiger partial charge in [0, 0.05) is 25.6 Å². The SMILES string of the molecule is CNS(=O)(=O)CCNC(=O)C1CCN(S(C)(=O)=O)CC1. The lowest BCUT2D eigenvalue weighted by Crippen LogP contribution is -2.43. The minimum absolute atomic E-state index is 0.0499. The Morgan fingerprint density at radius 1 is 1.20 bits per heavy atom. The van der Waals surface area contributed by atoms with Crippen LogP contribution in [-0.4, -0.2) is 65.7 Å². The molecule has 1 heterocycles. The molecule has 10 heteroatoms. The van der Waals surface area contributed by atoms with E-state index in [-0.39, 0.29) is 24.1 Å². The molecule has 8 nitrogen and oxygen atoms in total. The fourth-order valence-corrected chi connectivity index (χ4v) is 3.45. The van der Waals surface area contributed by atoms with Crippen molar-refractivity contribution < 1.29 is 21.6 Å². The van der Waals surface area contributed by atoms with E-state index in [0.717, 1.165) is 6.26 Å². The van der Waals surface area contributed by atoms with Crippen LogP contribution >= 0.6 is 0 Å². The molecule has 0 aromatic carbocycles. The van der Waals surface area contributed by atoms with Crippen LogP contribution in [0.25, 0.3) is 0 Å². The van der Waals surface area contributed by atoms with Crippen molar-refractivity contribution in [2.24, 2.45) is 5.92 Å². The number of sulfonamides is 2. The number of piperidine rings is 1. The van der Waals surface area contributed by atoms with E-state index in [1.165, 1.54) is 11.4 Å². The highest BCUT2D eigenvalue weighted by Gasteiger charge is 2.28. The highest BCUT2D eigenvalue weighted by atomic mass is 32.2. The van der Waals surface area contributed by atoms with Crippen LogP contribution in [0.4, 0.5) is 0 Å². The Morgan fingerprint density at radius 2 is 1.75 bits per heavy atom. The lowest BCUT2D eigenvalue weighted by molar-refractivity contribution is -0.125. The zero-order chi connectivity index (χ0) is 15.4. The van der Waals surface area contributed by atoms with Crippen LogP contribution < -0.4 is 10.0 Å². The molecule has 118 valence electrons. The molecule has 0 aromatic heterocycles. The molecule has 1 aliphatic heterocycles. The van der Waals surface area contributed by atoms with Gasteiger partial charge in [0.2, 0.25) is 26.0 Å². The molecular weight excluding hydrogens is 306 g/mol. The fraction of sp³-hybridized carbons (Fsp3) is 0.900. The van der Waals surface area contributed by atoms with Gasteiger partial charge in [-0.15, -0.1) is 0 Å². The third-order valence-corrected chi connectivity index (χ3v) is 5.94. The molecule has 1 amide bonds. The van der Waals surface area contributed by atoms with Gasteiger partial charge in [-0.3, -0.25) is 4.79 Å². The molecular formula is C10H21N3O5S2. The molecule has 0 radical (unpaired) electrons.